The number of ether oxygens (including phenoxy) is 1. The van der Waals surface area contributed by atoms with Crippen molar-refractivity contribution < 1.29 is 27.5 Å². The third-order valence-corrected chi connectivity index (χ3v) is 4.59. The fraction of sp³-hybridized carbons (Fsp3) is 0.0714. The first-order chi connectivity index (χ1) is 11.5. The van der Waals surface area contributed by atoms with E-state index in [0.29, 0.717) is 4.88 Å². The summed E-state index contributed by atoms with van der Waals surface area (Å²) in [4.78, 5) is 27.3. The molecule has 1 amide bonds. The molecule has 1 N–H and O–H groups in total. The summed E-state index contributed by atoms with van der Waals surface area (Å²) in [6, 6.07) is 4.00. The lowest BCUT2D eigenvalue weighted by Gasteiger charge is -2.02. The van der Waals surface area contributed by atoms with E-state index in [0.717, 1.165) is 28.7 Å². The Balaban J connectivity index is 1.67. The normalized spacial score (nSPS) is 10.8. The van der Waals surface area contributed by atoms with Gasteiger partial charge in [0.15, 0.2) is 29.2 Å². The van der Waals surface area contributed by atoms with Crippen molar-refractivity contribution in [2.75, 3.05) is 11.9 Å². The highest BCUT2D eigenvalue weighted by Crippen LogP contribution is 2.30. The van der Waals surface area contributed by atoms with Gasteiger partial charge in [0, 0.05) is 0 Å². The molecule has 0 saturated heterocycles. The second-order valence-electron chi connectivity index (χ2n) is 4.45. The average molecular weight is 372 g/mol. The van der Waals surface area contributed by atoms with Crippen LogP contribution >= 0.6 is 22.7 Å². The number of aromatic nitrogens is 1. The number of nitrogens with zero attached hydrogens (tertiary/aromatic N) is 1. The maximum absolute atomic E-state index is 13.6. The minimum Gasteiger partial charge on any atom is -0.451 e. The van der Waals surface area contributed by atoms with E-state index in [2.05, 4.69) is 10.3 Å². The molecule has 0 aliphatic rings. The van der Waals surface area contributed by atoms with Crippen molar-refractivity contribution in [3.63, 3.8) is 0 Å². The molecular weight excluding hydrogens is 365 g/mol. The van der Waals surface area contributed by atoms with Crippen LogP contribution in [-0.4, -0.2) is 23.5 Å². The number of amides is 1. The number of thiophene rings is 1. The van der Waals surface area contributed by atoms with Gasteiger partial charge in [0.1, 0.15) is 10.4 Å². The van der Waals surface area contributed by atoms with Gasteiger partial charge in [0.05, 0.1) is 4.70 Å². The second-order valence-corrected chi connectivity index (χ2v) is 6.43. The van der Waals surface area contributed by atoms with Crippen molar-refractivity contribution in [1.82, 2.24) is 4.98 Å². The molecule has 0 spiro atoms. The summed E-state index contributed by atoms with van der Waals surface area (Å²) in [5, 5.41) is 3.90. The van der Waals surface area contributed by atoms with Gasteiger partial charge in [0.2, 0.25) is 0 Å². The van der Waals surface area contributed by atoms with Gasteiger partial charge in [-0.1, -0.05) is 17.4 Å². The highest BCUT2D eigenvalue weighted by atomic mass is 32.1. The van der Waals surface area contributed by atoms with Gasteiger partial charge in [-0.05, 0) is 17.5 Å². The number of carbonyl (C=O) groups is 2. The molecule has 1 aromatic carbocycles. The lowest BCUT2D eigenvalue weighted by molar-refractivity contribution is -0.119. The fourth-order valence-electron chi connectivity index (χ4n) is 1.78. The Morgan fingerprint density at radius 1 is 1.25 bits per heavy atom. The quantitative estimate of drug-likeness (QED) is 0.562. The molecule has 5 nitrogen and oxygen atoms in total. The highest BCUT2D eigenvalue weighted by molar-refractivity contribution is 7.22. The van der Waals surface area contributed by atoms with Crippen LogP contribution in [0.15, 0.2) is 23.6 Å². The minimum absolute atomic E-state index is 0.0391. The average Bonchev–Trinajstić information content (AvgIpc) is 3.20. The summed E-state index contributed by atoms with van der Waals surface area (Å²) in [7, 11) is 0. The molecule has 3 aromatic rings. The molecule has 0 saturated carbocycles. The van der Waals surface area contributed by atoms with Crippen LogP contribution in [0.3, 0.4) is 0 Å². The molecule has 3 rings (SSSR count). The van der Waals surface area contributed by atoms with Crippen molar-refractivity contribution in [2.24, 2.45) is 0 Å². The molecule has 0 atom stereocenters. The first kappa shape index (κ1) is 16.4. The van der Waals surface area contributed by atoms with Gasteiger partial charge in [0.25, 0.3) is 5.91 Å². The molecule has 2 heterocycles. The molecule has 124 valence electrons. The number of anilines is 1. The first-order valence-corrected chi connectivity index (χ1v) is 8.10. The fourth-order valence-corrected chi connectivity index (χ4v) is 3.30. The van der Waals surface area contributed by atoms with E-state index >= 15 is 0 Å². The van der Waals surface area contributed by atoms with Gasteiger partial charge in [-0.15, -0.1) is 11.3 Å². The number of fused-ring (bicyclic) bond motifs is 1. The molecular formula is C14H7F3N2O3S2. The number of nitrogens with one attached hydrogen (secondary N) is 1. The third-order valence-electron chi connectivity index (χ3n) is 2.82. The summed E-state index contributed by atoms with van der Waals surface area (Å²) in [5.74, 6) is -5.76. The van der Waals surface area contributed by atoms with Crippen LogP contribution in [0.25, 0.3) is 10.2 Å². The van der Waals surface area contributed by atoms with Crippen LogP contribution in [0.1, 0.15) is 9.67 Å². The zero-order valence-electron chi connectivity index (χ0n) is 11.6. The maximum Gasteiger partial charge on any atom is 0.348 e. The molecule has 2 aromatic heterocycles. The van der Waals surface area contributed by atoms with E-state index in [1.165, 1.54) is 0 Å². The number of halogens is 3. The Morgan fingerprint density at radius 2 is 2.04 bits per heavy atom. The molecule has 24 heavy (non-hydrogen) atoms. The maximum atomic E-state index is 13.6. The predicted octanol–water partition coefficient (Wildman–Crippen LogP) is 3.57. The van der Waals surface area contributed by atoms with E-state index in [1.807, 2.05) is 0 Å². The Bertz CT molecular complexity index is 925. The number of hydrogen-bond donors (Lipinski definition) is 1. The number of thiazole rings is 1. The van der Waals surface area contributed by atoms with Crippen molar-refractivity contribution in [3.05, 3.63) is 45.9 Å². The molecule has 0 radical (unpaired) electrons. The molecule has 0 bridgehead atoms. The van der Waals surface area contributed by atoms with Gasteiger partial charge in [-0.25, -0.2) is 22.9 Å². The van der Waals surface area contributed by atoms with E-state index in [4.69, 9.17) is 4.74 Å². The number of esters is 1. The van der Waals surface area contributed by atoms with Gasteiger partial charge in [-0.2, -0.15) is 0 Å². The zero-order valence-corrected chi connectivity index (χ0v) is 13.3. The van der Waals surface area contributed by atoms with Crippen LogP contribution in [0, 0.1) is 17.5 Å². The summed E-state index contributed by atoms with van der Waals surface area (Å²) in [5.41, 5.74) is -0.384. The predicted molar refractivity (Wildman–Crippen MR) is 82.7 cm³/mol. The molecule has 0 aliphatic heterocycles. The highest BCUT2D eigenvalue weighted by Gasteiger charge is 2.18. The van der Waals surface area contributed by atoms with E-state index in [-0.39, 0.29) is 15.3 Å². The Labute approximate surface area is 140 Å². The van der Waals surface area contributed by atoms with E-state index < -0.39 is 35.9 Å². The van der Waals surface area contributed by atoms with Gasteiger partial charge in [-0.3, -0.25) is 10.1 Å². The van der Waals surface area contributed by atoms with Gasteiger partial charge >= 0.3 is 5.97 Å². The summed E-state index contributed by atoms with van der Waals surface area (Å²) < 4.78 is 44.7. The standard InChI is InChI=1S/C14H7F3N2O3S2/c15-6-4-8-12(11(17)10(6)16)19-14(24-8)18-9(20)5-22-13(21)7-2-1-3-23-7/h1-4H,5H2,(H,18,19,20). The smallest absolute Gasteiger partial charge is 0.348 e. The zero-order chi connectivity index (χ0) is 17.3. The van der Waals surface area contributed by atoms with Crippen LogP contribution in [-0.2, 0) is 9.53 Å². The van der Waals surface area contributed by atoms with Crippen molar-refractivity contribution in [2.45, 2.75) is 0 Å². The molecule has 0 aliphatic carbocycles. The second kappa shape index (κ2) is 6.57. The summed E-state index contributed by atoms with van der Waals surface area (Å²) in [6.45, 7) is -0.572. The summed E-state index contributed by atoms with van der Waals surface area (Å²) in [6.07, 6.45) is 0. The Kier molecular flexibility index (Phi) is 4.49. The molecule has 0 fully saturated rings. The lowest BCUT2D eigenvalue weighted by Crippen LogP contribution is -2.20. The lowest BCUT2D eigenvalue weighted by atomic mass is 10.3. The largest absolute Gasteiger partial charge is 0.451 e. The minimum atomic E-state index is -1.63. The summed E-state index contributed by atoms with van der Waals surface area (Å²) >= 11 is 1.93. The number of hydrogen-bond acceptors (Lipinski definition) is 6. The number of carbonyl (C=O) groups excluding carboxylic acids is 2. The van der Waals surface area contributed by atoms with Crippen molar-refractivity contribution >= 4 is 49.9 Å². The Morgan fingerprint density at radius 3 is 2.75 bits per heavy atom. The van der Waals surface area contributed by atoms with Crippen LogP contribution in [0.2, 0.25) is 0 Å². The Hall–Kier alpha value is -2.46. The van der Waals surface area contributed by atoms with Gasteiger partial charge < -0.3 is 4.74 Å². The SMILES string of the molecule is O=C(COC(=O)c1cccs1)Nc1nc2c(F)c(F)c(F)cc2s1. The van der Waals surface area contributed by atoms with Crippen molar-refractivity contribution in [1.29, 1.82) is 0 Å². The first-order valence-electron chi connectivity index (χ1n) is 6.40. The van der Waals surface area contributed by atoms with Crippen molar-refractivity contribution in [3.8, 4) is 0 Å². The monoisotopic (exact) mass is 372 g/mol. The van der Waals surface area contributed by atoms with E-state index in [9.17, 15) is 22.8 Å². The molecule has 0 unspecified atom stereocenters. The van der Waals surface area contributed by atoms with Crippen LogP contribution in [0.5, 0.6) is 0 Å². The third kappa shape index (κ3) is 3.24. The van der Waals surface area contributed by atoms with Crippen LogP contribution in [0.4, 0.5) is 18.3 Å². The van der Waals surface area contributed by atoms with Crippen LogP contribution < -0.4 is 5.32 Å². The number of rotatable bonds is 4. The molecule has 10 heteroatoms. The number of benzene rings is 1. The van der Waals surface area contributed by atoms with E-state index in [1.54, 1.807) is 17.5 Å². The topological polar surface area (TPSA) is 68.3 Å².